The summed E-state index contributed by atoms with van der Waals surface area (Å²) in [5.74, 6) is 0.953. The molecule has 0 saturated carbocycles. The second kappa shape index (κ2) is 9.07. The van der Waals surface area contributed by atoms with Crippen LogP contribution in [0.5, 0.6) is 0 Å². The number of fused-ring (bicyclic) bond motifs is 13. The molecule has 0 bridgehead atoms. The van der Waals surface area contributed by atoms with Crippen LogP contribution in [-0.2, 0) is 5.41 Å². The second-order valence-electron chi connectivity index (χ2n) is 12.0. The molecule has 0 fully saturated rings. The summed E-state index contributed by atoms with van der Waals surface area (Å²) in [5.41, 5.74) is 12.6. The van der Waals surface area contributed by atoms with Gasteiger partial charge in [-0.3, -0.25) is 0 Å². The summed E-state index contributed by atoms with van der Waals surface area (Å²) < 4.78 is 6.98. The number of furan rings is 1. The van der Waals surface area contributed by atoms with Crippen LogP contribution in [0.1, 0.15) is 22.3 Å². The molecule has 210 valence electrons. The van der Waals surface area contributed by atoms with E-state index in [2.05, 4.69) is 169 Å². The van der Waals surface area contributed by atoms with E-state index in [9.17, 15) is 0 Å². The summed E-state index contributed by atoms with van der Waals surface area (Å²) in [6.45, 7) is 0. The van der Waals surface area contributed by atoms with Gasteiger partial charge in [0.25, 0.3) is 0 Å². The zero-order valence-corrected chi connectivity index (χ0v) is 24.4. The molecule has 2 aliphatic carbocycles. The Balaban J connectivity index is 1.38. The highest BCUT2D eigenvalue weighted by Crippen LogP contribution is 2.66. The number of nitrogens with zero attached hydrogens (tertiary/aromatic N) is 1. The van der Waals surface area contributed by atoms with Crippen molar-refractivity contribution in [3.05, 3.63) is 186 Å². The van der Waals surface area contributed by atoms with Crippen LogP contribution >= 0.6 is 0 Å². The van der Waals surface area contributed by atoms with Crippen molar-refractivity contribution in [1.29, 1.82) is 0 Å². The van der Waals surface area contributed by atoms with Gasteiger partial charge in [0.1, 0.15) is 11.3 Å². The molecule has 2 aliphatic rings. The highest BCUT2D eigenvalue weighted by molar-refractivity contribution is 6.07. The Labute approximate surface area is 261 Å². The summed E-state index contributed by atoms with van der Waals surface area (Å²) in [5, 5.41) is 3.58. The van der Waals surface area contributed by atoms with Gasteiger partial charge in [-0.25, -0.2) is 0 Å². The van der Waals surface area contributed by atoms with Crippen LogP contribution in [0.4, 0.5) is 17.1 Å². The highest BCUT2D eigenvalue weighted by atomic mass is 16.3. The predicted octanol–water partition coefficient (Wildman–Crippen LogP) is 11.4. The Bertz CT molecular complexity index is 2400. The molecule has 7 aromatic carbocycles. The van der Waals surface area contributed by atoms with Crippen LogP contribution in [0.15, 0.2) is 168 Å². The Kier molecular flexibility index (Phi) is 4.95. The third kappa shape index (κ3) is 3.13. The first kappa shape index (κ1) is 24.6. The lowest BCUT2D eigenvalue weighted by Crippen LogP contribution is -2.26. The molecular formula is C43H27NO. The second-order valence-corrected chi connectivity index (χ2v) is 12.0. The van der Waals surface area contributed by atoms with Crippen molar-refractivity contribution in [2.45, 2.75) is 5.41 Å². The molecule has 0 amide bonds. The van der Waals surface area contributed by atoms with E-state index < -0.39 is 5.41 Å². The largest absolute Gasteiger partial charge is 0.456 e. The number of hydrogen-bond donors (Lipinski definition) is 0. The van der Waals surface area contributed by atoms with E-state index in [4.69, 9.17) is 4.42 Å². The number of anilines is 3. The molecule has 0 radical (unpaired) electrons. The molecule has 0 N–H and O–H groups in total. The summed E-state index contributed by atoms with van der Waals surface area (Å²) in [4.78, 5) is 2.42. The van der Waals surface area contributed by atoms with Crippen LogP contribution < -0.4 is 4.90 Å². The minimum atomic E-state index is -0.498. The van der Waals surface area contributed by atoms with Crippen molar-refractivity contribution < 1.29 is 4.42 Å². The monoisotopic (exact) mass is 573 g/mol. The molecule has 0 saturated heterocycles. The van der Waals surface area contributed by atoms with E-state index in [1.54, 1.807) is 0 Å². The quantitative estimate of drug-likeness (QED) is 0.209. The number of rotatable bonds is 3. The maximum atomic E-state index is 6.98. The Morgan fingerprint density at radius 1 is 0.444 bits per heavy atom. The third-order valence-corrected chi connectivity index (χ3v) is 9.86. The molecule has 1 heterocycles. The molecule has 8 aromatic rings. The first-order chi connectivity index (χ1) is 22.4. The van der Waals surface area contributed by atoms with Gasteiger partial charge in [0.2, 0.25) is 0 Å². The fourth-order valence-electron chi connectivity index (χ4n) is 8.19. The van der Waals surface area contributed by atoms with E-state index in [1.165, 1.54) is 44.2 Å². The fourth-order valence-corrected chi connectivity index (χ4v) is 8.19. The minimum Gasteiger partial charge on any atom is -0.456 e. The summed E-state index contributed by atoms with van der Waals surface area (Å²) in [6.07, 6.45) is 0. The fraction of sp³-hybridized carbons (Fsp3) is 0.0233. The van der Waals surface area contributed by atoms with Gasteiger partial charge >= 0.3 is 0 Å². The molecule has 0 aliphatic heterocycles. The lowest BCUT2D eigenvalue weighted by Gasteiger charge is -2.32. The smallest absolute Gasteiger partial charge is 0.142 e. The van der Waals surface area contributed by atoms with Crippen LogP contribution in [0.25, 0.3) is 44.2 Å². The summed E-state index contributed by atoms with van der Waals surface area (Å²) >= 11 is 0. The molecule has 1 aromatic heterocycles. The van der Waals surface area contributed by atoms with E-state index in [-0.39, 0.29) is 0 Å². The minimum absolute atomic E-state index is 0.498. The van der Waals surface area contributed by atoms with Gasteiger partial charge in [-0.1, -0.05) is 133 Å². The standard InChI is InChI=1S/C43H27NO/c1-2-16-29(17-3-1)44(37-25-12-15-28-14-4-5-18-30(28)37)38-26-13-24-36-40(38)42-41(33-21-8-11-27-39(33)45-42)43(36)34-22-9-6-19-31(34)32-20-7-10-23-35(32)43/h1-27H. The van der Waals surface area contributed by atoms with Gasteiger partial charge in [0.05, 0.1) is 16.8 Å². The van der Waals surface area contributed by atoms with Crippen molar-refractivity contribution in [3.63, 3.8) is 0 Å². The zero-order valence-electron chi connectivity index (χ0n) is 24.4. The zero-order chi connectivity index (χ0) is 29.5. The maximum absolute atomic E-state index is 6.98. The molecule has 0 unspecified atom stereocenters. The Hall–Kier alpha value is -5.86. The maximum Gasteiger partial charge on any atom is 0.142 e. The molecule has 45 heavy (non-hydrogen) atoms. The lowest BCUT2D eigenvalue weighted by atomic mass is 9.70. The molecule has 2 heteroatoms. The topological polar surface area (TPSA) is 16.4 Å². The van der Waals surface area contributed by atoms with E-state index >= 15 is 0 Å². The van der Waals surface area contributed by atoms with E-state index in [0.29, 0.717) is 0 Å². The van der Waals surface area contributed by atoms with Crippen molar-refractivity contribution >= 4 is 38.8 Å². The Morgan fingerprint density at radius 3 is 1.82 bits per heavy atom. The third-order valence-electron chi connectivity index (χ3n) is 9.86. The van der Waals surface area contributed by atoms with Gasteiger partial charge in [-0.2, -0.15) is 0 Å². The van der Waals surface area contributed by atoms with Gasteiger partial charge in [-0.15, -0.1) is 0 Å². The Morgan fingerprint density at radius 2 is 1.02 bits per heavy atom. The van der Waals surface area contributed by atoms with Crippen LogP contribution in [0, 0.1) is 0 Å². The van der Waals surface area contributed by atoms with E-state index in [0.717, 1.165) is 39.4 Å². The summed E-state index contributed by atoms with van der Waals surface area (Å²) in [7, 11) is 0. The van der Waals surface area contributed by atoms with Crippen molar-refractivity contribution in [2.24, 2.45) is 0 Å². The van der Waals surface area contributed by atoms with Gasteiger partial charge in [-0.05, 0) is 63.5 Å². The average Bonchev–Trinajstić information content (AvgIpc) is 3.73. The molecular weight excluding hydrogens is 546 g/mol. The molecule has 10 rings (SSSR count). The van der Waals surface area contributed by atoms with Crippen molar-refractivity contribution in [3.8, 4) is 22.5 Å². The van der Waals surface area contributed by atoms with Crippen molar-refractivity contribution in [2.75, 3.05) is 4.90 Å². The SMILES string of the molecule is c1ccc(N(c2cccc3c2-c2oc4ccccc4c2C32c3ccccc3-c3ccccc32)c2cccc3ccccc23)cc1. The van der Waals surface area contributed by atoms with Gasteiger partial charge in [0, 0.05) is 27.6 Å². The molecule has 2 nitrogen and oxygen atoms in total. The highest BCUT2D eigenvalue weighted by Gasteiger charge is 2.55. The average molecular weight is 574 g/mol. The first-order valence-electron chi connectivity index (χ1n) is 15.5. The van der Waals surface area contributed by atoms with Crippen molar-refractivity contribution in [1.82, 2.24) is 0 Å². The lowest BCUT2D eigenvalue weighted by molar-refractivity contribution is 0.628. The summed E-state index contributed by atoms with van der Waals surface area (Å²) in [6, 6.07) is 59.2. The number of para-hydroxylation sites is 2. The number of hydrogen-bond acceptors (Lipinski definition) is 2. The first-order valence-corrected chi connectivity index (χ1v) is 15.5. The predicted molar refractivity (Wildman–Crippen MR) is 185 cm³/mol. The molecule has 0 atom stereocenters. The van der Waals surface area contributed by atoms with Gasteiger partial charge < -0.3 is 9.32 Å². The molecule has 1 spiro atoms. The normalized spacial score (nSPS) is 13.5. The van der Waals surface area contributed by atoms with Crippen LogP contribution in [0.2, 0.25) is 0 Å². The van der Waals surface area contributed by atoms with E-state index in [1.807, 2.05) is 0 Å². The van der Waals surface area contributed by atoms with Crippen LogP contribution in [-0.4, -0.2) is 0 Å². The van der Waals surface area contributed by atoms with Gasteiger partial charge in [0.15, 0.2) is 0 Å². The van der Waals surface area contributed by atoms with Crippen LogP contribution in [0.3, 0.4) is 0 Å². The number of benzene rings is 7.